The zero-order valence-corrected chi connectivity index (χ0v) is 11.8. The van der Waals surface area contributed by atoms with E-state index in [2.05, 4.69) is 6.07 Å². The first-order valence-electron chi connectivity index (χ1n) is 6.67. The molecule has 1 aromatic carbocycles. The largest absolute Gasteiger partial charge is 0.497 e. The van der Waals surface area contributed by atoms with Crippen LogP contribution in [-0.4, -0.2) is 17.7 Å². The van der Waals surface area contributed by atoms with Crippen molar-refractivity contribution in [1.29, 1.82) is 5.26 Å². The molecule has 2 unspecified atom stereocenters. The minimum absolute atomic E-state index is 0.0680. The Labute approximate surface area is 119 Å². The zero-order valence-electron chi connectivity index (χ0n) is 11.8. The molecule has 0 saturated heterocycles. The van der Waals surface area contributed by atoms with Gasteiger partial charge < -0.3 is 15.0 Å². The van der Waals surface area contributed by atoms with Crippen LogP contribution >= 0.6 is 0 Å². The van der Waals surface area contributed by atoms with Gasteiger partial charge in [0.05, 0.1) is 13.2 Å². The number of nitriles is 1. The Morgan fingerprint density at radius 1 is 1.35 bits per heavy atom. The summed E-state index contributed by atoms with van der Waals surface area (Å²) in [6.07, 6.45) is 2.73. The van der Waals surface area contributed by atoms with Gasteiger partial charge in [-0.1, -0.05) is 19.1 Å². The standard InChI is InChI=1S/C16H19N3O/c1-3-15(18)16(19-9-5-7-13(19)11-17)12-6-4-8-14(10-12)20-2/h4-10,15-16H,3,18H2,1-2H3. The molecule has 0 aliphatic heterocycles. The van der Waals surface area contributed by atoms with E-state index < -0.39 is 0 Å². The van der Waals surface area contributed by atoms with Gasteiger partial charge in [-0.25, -0.2) is 0 Å². The fourth-order valence-electron chi connectivity index (χ4n) is 2.39. The summed E-state index contributed by atoms with van der Waals surface area (Å²) in [7, 11) is 1.64. The molecule has 104 valence electrons. The minimum atomic E-state index is -0.0697. The second-order valence-electron chi connectivity index (χ2n) is 4.71. The molecular formula is C16H19N3O. The molecule has 2 aromatic rings. The van der Waals surface area contributed by atoms with Crippen LogP contribution in [0, 0.1) is 11.3 Å². The van der Waals surface area contributed by atoms with Crippen LogP contribution in [-0.2, 0) is 0 Å². The quantitative estimate of drug-likeness (QED) is 0.907. The predicted molar refractivity (Wildman–Crippen MR) is 78.5 cm³/mol. The maximum absolute atomic E-state index is 9.22. The summed E-state index contributed by atoms with van der Waals surface area (Å²) in [5.41, 5.74) is 7.94. The van der Waals surface area contributed by atoms with Crippen LogP contribution < -0.4 is 10.5 Å². The van der Waals surface area contributed by atoms with Gasteiger partial charge in [-0.3, -0.25) is 0 Å². The molecule has 0 fully saturated rings. The Morgan fingerprint density at radius 2 is 2.15 bits per heavy atom. The van der Waals surface area contributed by atoms with Crippen LogP contribution in [0.3, 0.4) is 0 Å². The number of nitrogens with zero attached hydrogens (tertiary/aromatic N) is 2. The molecule has 2 rings (SSSR count). The number of hydrogen-bond donors (Lipinski definition) is 1. The molecule has 0 aliphatic rings. The first-order chi connectivity index (χ1) is 9.71. The van der Waals surface area contributed by atoms with Crippen molar-refractivity contribution >= 4 is 0 Å². The second-order valence-corrected chi connectivity index (χ2v) is 4.71. The van der Waals surface area contributed by atoms with Crippen LogP contribution in [0.25, 0.3) is 0 Å². The molecule has 2 N–H and O–H groups in total. The summed E-state index contributed by atoms with van der Waals surface area (Å²) in [4.78, 5) is 0. The van der Waals surface area contributed by atoms with Crippen molar-refractivity contribution in [2.24, 2.45) is 5.73 Å². The van der Waals surface area contributed by atoms with Gasteiger partial charge in [0.1, 0.15) is 17.5 Å². The molecule has 1 heterocycles. The third-order valence-electron chi connectivity index (χ3n) is 3.51. The Bertz CT molecular complexity index is 612. The van der Waals surface area contributed by atoms with Crippen molar-refractivity contribution in [2.75, 3.05) is 7.11 Å². The molecule has 4 nitrogen and oxygen atoms in total. The van der Waals surface area contributed by atoms with Gasteiger partial charge in [-0.2, -0.15) is 5.26 Å². The van der Waals surface area contributed by atoms with Crippen molar-refractivity contribution in [3.8, 4) is 11.8 Å². The lowest BCUT2D eigenvalue weighted by Gasteiger charge is -2.26. The second kappa shape index (κ2) is 6.27. The van der Waals surface area contributed by atoms with Gasteiger partial charge in [0, 0.05) is 12.2 Å². The number of nitrogens with two attached hydrogens (primary N) is 1. The number of methoxy groups -OCH3 is 1. The van der Waals surface area contributed by atoms with E-state index in [9.17, 15) is 5.26 Å². The van der Waals surface area contributed by atoms with E-state index in [4.69, 9.17) is 10.5 Å². The van der Waals surface area contributed by atoms with Gasteiger partial charge in [0.25, 0.3) is 0 Å². The van der Waals surface area contributed by atoms with Crippen LogP contribution in [0.5, 0.6) is 5.75 Å². The average Bonchev–Trinajstić information content (AvgIpc) is 2.95. The van der Waals surface area contributed by atoms with E-state index in [1.54, 1.807) is 13.2 Å². The van der Waals surface area contributed by atoms with Crippen molar-refractivity contribution < 1.29 is 4.74 Å². The highest BCUT2D eigenvalue weighted by molar-refractivity contribution is 5.34. The van der Waals surface area contributed by atoms with Crippen LogP contribution in [0.4, 0.5) is 0 Å². The molecule has 2 atom stereocenters. The molecule has 0 amide bonds. The lowest BCUT2D eigenvalue weighted by molar-refractivity contribution is 0.410. The van der Waals surface area contributed by atoms with Crippen molar-refractivity contribution in [3.05, 3.63) is 53.9 Å². The smallest absolute Gasteiger partial charge is 0.120 e. The van der Waals surface area contributed by atoms with Gasteiger partial charge in [0.2, 0.25) is 0 Å². The Balaban J connectivity index is 2.50. The van der Waals surface area contributed by atoms with Crippen molar-refractivity contribution in [3.63, 3.8) is 0 Å². The maximum Gasteiger partial charge on any atom is 0.120 e. The molecule has 0 radical (unpaired) electrons. The van der Waals surface area contributed by atoms with E-state index in [1.165, 1.54) is 0 Å². The number of ether oxygens (including phenoxy) is 1. The molecule has 0 bridgehead atoms. The first kappa shape index (κ1) is 14.2. The fourth-order valence-corrected chi connectivity index (χ4v) is 2.39. The van der Waals surface area contributed by atoms with Gasteiger partial charge in [-0.05, 0) is 36.2 Å². The van der Waals surface area contributed by atoms with E-state index in [1.807, 2.05) is 48.0 Å². The fraction of sp³-hybridized carbons (Fsp3) is 0.312. The molecule has 0 spiro atoms. The van der Waals surface area contributed by atoms with Crippen LogP contribution in [0.15, 0.2) is 42.6 Å². The van der Waals surface area contributed by atoms with E-state index in [0.29, 0.717) is 5.69 Å². The number of hydrogen-bond acceptors (Lipinski definition) is 3. The molecule has 4 heteroatoms. The lowest BCUT2D eigenvalue weighted by atomic mass is 9.97. The van der Waals surface area contributed by atoms with Crippen LogP contribution in [0.2, 0.25) is 0 Å². The molecule has 1 aromatic heterocycles. The van der Waals surface area contributed by atoms with E-state index >= 15 is 0 Å². The molecule has 0 aliphatic carbocycles. The lowest BCUT2D eigenvalue weighted by Crippen LogP contribution is -2.32. The average molecular weight is 269 g/mol. The van der Waals surface area contributed by atoms with Gasteiger partial charge in [0.15, 0.2) is 0 Å². The van der Waals surface area contributed by atoms with Gasteiger partial charge >= 0.3 is 0 Å². The first-order valence-corrected chi connectivity index (χ1v) is 6.67. The Hall–Kier alpha value is -2.25. The summed E-state index contributed by atoms with van der Waals surface area (Å²) in [5.74, 6) is 0.793. The summed E-state index contributed by atoms with van der Waals surface area (Å²) >= 11 is 0. The van der Waals surface area contributed by atoms with Gasteiger partial charge in [-0.15, -0.1) is 0 Å². The monoisotopic (exact) mass is 269 g/mol. The Kier molecular flexibility index (Phi) is 4.44. The van der Waals surface area contributed by atoms with Crippen LogP contribution in [0.1, 0.15) is 30.6 Å². The number of benzene rings is 1. The highest BCUT2D eigenvalue weighted by Crippen LogP contribution is 2.27. The molecule has 0 saturated carbocycles. The van der Waals surface area contributed by atoms with Crippen molar-refractivity contribution in [1.82, 2.24) is 4.57 Å². The number of aromatic nitrogens is 1. The third kappa shape index (κ3) is 2.68. The normalized spacial score (nSPS) is 13.5. The molecular weight excluding hydrogens is 250 g/mol. The third-order valence-corrected chi connectivity index (χ3v) is 3.51. The zero-order chi connectivity index (χ0) is 14.5. The highest BCUT2D eigenvalue weighted by Gasteiger charge is 2.22. The Morgan fingerprint density at radius 3 is 2.80 bits per heavy atom. The summed E-state index contributed by atoms with van der Waals surface area (Å²) < 4.78 is 7.21. The topological polar surface area (TPSA) is 64.0 Å². The highest BCUT2D eigenvalue weighted by atomic mass is 16.5. The molecule has 20 heavy (non-hydrogen) atoms. The maximum atomic E-state index is 9.22. The van der Waals surface area contributed by atoms with Crippen molar-refractivity contribution in [2.45, 2.75) is 25.4 Å². The SMILES string of the molecule is CCC(N)C(c1cccc(OC)c1)n1cccc1C#N. The van der Waals surface area contributed by atoms with E-state index in [-0.39, 0.29) is 12.1 Å². The summed E-state index contributed by atoms with van der Waals surface area (Å²) in [6.45, 7) is 2.05. The summed E-state index contributed by atoms with van der Waals surface area (Å²) in [6, 6.07) is 13.6. The minimum Gasteiger partial charge on any atom is -0.497 e. The number of rotatable bonds is 5. The predicted octanol–water partition coefficient (Wildman–Crippen LogP) is 2.70. The summed E-state index contributed by atoms with van der Waals surface area (Å²) in [5, 5.41) is 9.22. The van der Waals surface area contributed by atoms with E-state index in [0.717, 1.165) is 17.7 Å².